The van der Waals surface area contributed by atoms with Crippen molar-refractivity contribution in [2.24, 2.45) is 5.92 Å². The van der Waals surface area contributed by atoms with Crippen molar-refractivity contribution in [2.45, 2.75) is 78.1 Å². The van der Waals surface area contributed by atoms with Crippen LogP contribution in [0, 0.1) is 5.92 Å². The molecule has 1 saturated carbocycles. The summed E-state index contributed by atoms with van der Waals surface area (Å²) in [5, 5.41) is 0. The van der Waals surface area contributed by atoms with Gasteiger partial charge >= 0.3 is 5.97 Å². The molecule has 1 aliphatic carbocycles. The topological polar surface area (TPSA) is 43.4 Å². The van der Waals surface area contributed by atoms with Crippen LogP contribution in [0.2, 0.25) is 0 Å². The van der Waals surface area contributed by atoms with E-state index in [9.17, 15) is 9.59 Å². The number of allylic oxidation sites excluding steroid dienone is 1. The van der Waals surface area contributed by atoms with Gasteiger partial charge in [0.05, 0.1) is 12.2 Å². The molecule has 0 heterocycles. The first-order valence-corrected chi connectivity index (χ1v) is 8.61. The fourth-order valence-electron chi connectivity index (χ4n) is 2.77. The van der Waals surface area contributed by atoms with Crippen LogP contribution in [-0.4, -0.2) is 18.4 Å². The zero-order valence-corrected chi connectivity index (χ0v) is 13.7. The Hall–Kier alpha value is -1.12. The molecular weight excluding hydrogens is 264 g/mol. The van der Waals surface area contributed by atoms with Gasteiger partial charge in [-0.15, -0.1) is 0 Å². The van der Waals surface area contributed by atoms with E-state index in [1.54, 1.807) is 6.92 Å². The van der Waals surface area contributed by atoms with E-state index in [2.05, 4.69) is 6.92 Å². The Labute approximate surface area is 129 Å². The van der Waals surface area contributed by atoms with Gasteiger partial charge in [0.1, 0.15) is 0 Å². The maximum Gasteiger partial charge on any atom is 0.341 e. The van der Waals surface area contributed by atoms with E-state index in [-0.39, 0.29) is 5.78 Å². The van der Waals surface area contributed by atoms with Crippen molar-refractivity contribution in [1.82, 2.24) is 0 Å². The number of ether oxygens (including phenoxy) is 1. The van der Waals surface area contributed by atoms with Gasteiger partial charge in [-0.05, 0) is 25.2 Å². The summed E-state index contributed by atoms with van der Waals surface area (Å²) in [6, 6.07) is 0. The summed E-state index contributed by atoms with van der Waals surface area (Å²) in [5.74, 6) is -0.125. The smallest absolute Gasteiger partial charge is 0.341 e. The summed E-state index contributed by atoms with van der Waals surface area (Å²) in [5.41, 5.74) is 0.292. The van der Waals surface area contributed by atoms with E-state index in [0.717, 1.165) is 38.5 Å². The Balaban J connectivity index is 2.53. The normalized spacial score (nSPS) is 16.8. The minimum Gasteiger partial charge on any atom is -0.462 e. The summed E-state index contributed by atoms with van der Waals surface area (Å²) in [4.78, 5) is 24.1. The highest BCUT2D eigenvalue weighted by molar-refractivity contribution is 6.17. The molecule has 0 aliphatic heterocycles. The molecule has 1 fully saturated rings. The van der Waals surface area contributed by atoms with Crippen molar-refractivity contribution in [3.05, 3.63) is 11.6 Å². The van der Waals surface area contributed by atoms with Crippen LogP contribution < -0.4 is 0 Å². The number of carbonyl (C=O) groups is 2. The van der Waals surface area contributed by atoms with Gasteiger partial charge in [0, 0.05) is 6.42 Å². The number of hydrogen-bond acceptors (Lipinski definition) is 3. The maximum atomic E-state index is 12.1. The molecule has 0 radical (unpaired) electrons. The molecule has 0 atom stereocenters. The first-order valence-electron chi connectivity index (χ1n) is 8.61. The lowest BCUT2D eigenvalue weighted by Crippen LogP contribution is -2.18. The van der Waals surface area contributed by atoms with Crippen molar-refractivity contribution in [1.29, 1.82) is 0 Å². The number of rotatable bonds is 9. The summed E-state index contributed by atoms with van der Waals surface area (Å²) in [6.45, 7) is 4.38. The van der Waals surface area contributed by atoms with Gasteiger partial charge in [0.2, 0.25) is 0 Å². The van der Waals surface area contributed by atoms with Gasteiger partial charge < -0.3 is 4.74 Å². The number of esters is 1. The standard InChI is InChI=1S/C18H30O3/c1-3-5-6-10-13-21-18(20)16(17(19)4-2)14-15-11-8-7-9-12-15/h14-15H,3-13H2,1-2H3. The van der Waals surface area contributed by atoms with Crippen molar-refractivity contribution in [2.75, 3.05) is 6.61 Å². The van der Waals surface area contributed by atoms with Gasteiger partial charge in [-0.3, -0.25) is 4.79 Å². The fraction of sp³-hybridized carbons (Fsp3) is 0.778. The maximum absolute atomic E-state index is 12.1. The Morgan fingerprint density at radius 1 is 1.05 bits per heavy atom. The summed E-state index contributed by atoms with van der Waals surface area (Å²) >= 11 is 0. The molecular formula is C18H30O3. The third-order valence-electron chi connectivity index (χ3n) is 4.12. The van der Waals surface area contributed by atoms with Gasteiger partial charge in [-0.25, -0.2) is 4.79 Å². The molecule has 21 heavy (non-hydrogen) atoms. The summed E-state index contributed by atoms with van der Waals surface area (Å²) in [6.07, 6.45) is 12.4. The molecule has 1 rings (SSSR count). The van der Waals surface area contributed by atoms with E-state index in [0.29, 0.717) is 24.5 Å². The third-order valence-corrected chi connectivity index (χ3v) is 4.12. The zero-order chi connectivity index (χ0) is 15.5. The molecule has 0 N–H and O–H groups in total. The number of Topliss-reactive ketones (excluding diaryl/α,β-unsaturated/α-hetero) is 1. The van der Waals surface area contributed by atoms with Crippen LogP contribution in [-0.2, 0) is 14.3 Å². The highest BCUT2D eigenvalue weighted by Crippen LogP contribution is 2.26. The van der Waals surface area contributed by atoms with Crippen LogP contribution in [0.15, 0.2) is 11.6 Å². The number of unbranched alkanes of at least 4 members (excludes halogenated alkanes) is 3. The molecule has 0 aromatic rings. The SMILES string of the molecule is CCCCCCOC(=O)C(=CC1CCCCC1)C(=O)CC. The predicted molar refractivity (Wildman–Crippen MR) is 85.1 cm³/mol. The second kappa shape index (κ2) is 10.6. The highest BCUT2D eigenvalue weighted by atomic mass is 16.5. The first kappa shape index (κ1) is 17.9. The van der Waals surface area contributed by atoms with Crippen LogP contribution in [0.1, 0.15) is 78.1 Å². The van der Waals surface area contributed by atoms with Gasteiger partial charge in [0.15, 0.2) is 5.78 Å². The summed E-state index contributed by atoms with van der Waals surface area (Å²) < 4.78 is 5.29. The van der Waals surface area contributed by atoms with Crippen LogP contribution in [0.4, 0.5) is 0 Å². The van der Waals surface area contributed by atoms with Gasteiger partial charge in [0.25, 0.3) is 0 Å². The molecule has 120 valence electrons. The van der Waals surface area contributed by atoms with Crippen LogP contribution in [0.5, 0.6) is 0 Å². The van der Waals surface area contributed by atoms with Crippen molar-refractivity contribution in [3.63, 3.8) is 0 Å². The minimum atomic E-state index is -0.413. The first-order chi connectivity index (χ1) is 10.2. The minimum absolute atomic E-state index is 0.0841. The molecule has 3 nitrogen and oxygen atoms in total. The average Bonchev–Trinajstić information content (AvgIpc) is 2.52. The fourth-order valence-corrected chi connectivity index (χ4v) is 2.77. The van der Waals surface area contributed by atoms with Gasteiger partial charge in [-0.1, -0.05) is 58.4 Å². The number of hydrogen-bond donors (Lipinski definition) is 0. The number of ketones is 1. The lowest BCUT2D eigenvalue weighted by Gasteiger charge is -2.19. The number of carbonyl (C=O) groups excluding carboxylic acids is 2. The lowest BCUT2D eigenvalue weighted by molar-refractivity contribution is -0.140. The van der Waals surface area contributed by atoms with Crippen molar-refractivity contribution in [3.8, 4) is 0 Å². The monoisotopic (exact) mass is 294 g/mol. The summed E-state index contributed by atoms with van der Waals surface area (Å²) in [7, 11) is 0. The third kappa shape index (κ3) is 6.92. The quantitative estimate of drug-likeness (QED) is 0.205. The zero-order valence-electron chi connectivity index (χ0n) is 13.7. The van der Waals surface area contributed by atoms with Crippen LogP contribution in [0.25, 0.3) is 0 Å². The Kier molecular flexibility index (Phi) is 9.04. The molecule has 1 aliphatic rings. The van der Waals surface area contributed by atoms with E-state index >= 15 is 0 Å². The van der Waals surface area contributed by atoms with E-state index < -0.39 is 5.97 Å². The largest absolute Gasteiger partial charge is 0.462 e. The highest BCUT2D eigenvalue weighted by Gasteiger charge is 2.21. The molecule has 0 unspecified atom stereocenters. The molecule has 0 saturated heterocycles. The Morgan fingerprint density at radius 2 is 1.76 bits per heavy atom. The average molecular weight is 294 g/mol. The molecule has 0 bridgehead atoms. The second-order valence-electron chi connectivity index (χ2n) is 5.95. The predicted octanol–water partition coefficient (Wildman–Crippen LogP) is 4.60. The van der Waals surface area contributed by atoms with Gasteiger partial charge in [-0.2, -0.15) is 0 Å². The van der Waals surface area contributed by atoms with Crippen LogP contribution in [0.3, 0.4) is 0 Å². The van der Waals surface area contributed by atoms with E-state index in [1.807, 2.05) is 6.08 Å². The molecule has 0 aromatic carbocycles. The van der Waals surface area contributed by atoms with E-state index in [4.69, 9.17) is 4.74 Å². The molecule has 0 aromatic heterocycles. The van der Waals surface area contributed by atoms with Crippen molar-refractivity contribution >= 4 is 11.8 Å². The Morgan fingerprint density at radius 3 is 2.38 bits per heavy atom. The second-order valence-corrected chi connectivity index (χ2v) is 5.95. The van der Waals surface area contributed by atoms with Crippen molar-refractivity contribution < 1.29 is 14.3 Å². The van der Waals surface area contributed by atoms with E-state index in [1.165, 1.54) is 19.3 Å². The lowest BCUT2D eigenvalue weighted by atomic mass is 9.87. The Bertz CT molecular complexity index is 351. The molecule has 0 amide bonds. The molecule has 3 heteroatoms. The van der Waals surface area contributed by atoms with Crippen LogP contribution >= 0.6 is 0 Å². The molecule has 0 spiro atoms.